The monoisotopic (exact) mass is 444 g/mol. The maximum absolute atomic E-state index is 13.2. The first-order valence-electron chi connectivity index (χ1n) is 10.0. The molecule has 164 valence electrons. The second-order valence-electron chi connectivity index (χ2n) is 7.15. The molecule has 0 saturated carbocycles. The van der Waals surface area contributed by atoms with Gasteiger partial charge >= 0.3 is 0 Å². The topological polar surface area (TPSA) is 87.6 Å². The lowest BCUT2D eigenvalue weighted by molar-refractivity contribution is 0.287. The first kappa shape index (κ1) is 20.4. The normalized spacial score (nSPS) is 11.0. The van der Waals surface area contributed by atoms with Crippen LogP contribution >= 0.6 is 0 Å². The zero-order chi connectivity index (χ0) is 22.8. The lowest BCUT2D eigenvalue weighted by atomic mass is 10.1. The number of halogens is 1. The number of hydrogen-bond donors (Lipinski definition) is 0. The fourth-order valence-corrected chi connectivity index (χ4v) is 3.42. The fourth-order valence-electron chi connectivity index (χ4n) is 3.42. The Bertz CT molecular complexity index is 1490. The van der Waals surface area contributed by atoms with Crippen LogP contribution in [0.3, 0.4) is 0 Å². The van der Waals surface area contributed by atoms with E-state index in [0.717, 1.165) is 0 Å². The number of aromatic nitrogens is 2. The van der Waals surface area contributed by atoms with Crippen molar-refractivity contribution in [2.75, 3.05) is 7.11 Å². The van der Waals surface area contributed by atoms with Crippen LogP contribution in [0.1, 0.15) is 5.82 Å². The third kappa shape index (κ3) is 4.06. The summed E-state index contributed by atoms with van der Waals surface area (Å²) in [5.41, 5.74) is 1.77. The van der Waals surface area contributed by atoms with E-state index in [4.69, 9.17) is 18.4 Å². The largest absolute Gasteiger partial charge is 0.496 e. The predicted octanol–water partition coefficient (Wildman–Crippen LogP) is 5.24. The van der Waals surface area contributed by atoms with Gasteiger partial charge in [-0.25, -0.2) is 4.39 Å². The molecule has 0 aliphatic heterocycles. The molecule has 2 heterocycles. The Kier molecular flexibility index (Phi) is 5.32. The van der Waals surface area contributed by atoms with Crippen LogP contribution in [0.2, 0.25) is 0 Å². The number of para-hydroxylation sites is 1. The van der Waals surface area contributed by atoms with Crippen LogP contribution in [0.5, 0.6) is 11.5 Å². The summed E-state index contributed by atoms with van der Waals surface area (Å²) < 4.78 is 35.2. The molecule has 0 N–H and O–H groups in total. The van der Waals surface area contributed by atoms with Crippen molar-refractivity contribution in [2.45, 2.75) is 6.61 Å². The standard InChI is InChI=1S/C25H17FN2O5/c1-30-21-5-3-2-4-19(21)25-27-23(28-33-25)14-31-17-10-11-18-22(12-17)32-13-20(24(18)29)15-6-8-16(26)9-7-15/h2-13H,14H2,1H3. The molecule has 3 aromatic carbocycles. The molecular formula is C25H17FN2O5. The Labute approximate surface area is 187 Å². The van der Waals surface area contributed by atoms with Gasteiger partial charge in [0.1, 0.15) is 29.2 Å². The van der Waals surface area contributed by atoms with Crippen LogP contribution in [-0.4, -0.2) is 17.3 Å². The highest BCUT2D eigenvalue weighted by Gasteiger charge is 2.14. The van der Waals surface area contributed by atoms with Crippen molar-refractivity contribution >= 4 is 11.0 Å². The third-order valence-corrected chi connectivity index (χ3v) is 5.07. The molecule has 7 nitrogen and oxygen atoms in total. The van der Waals surface area contributed by atoms with Crippen LogP contribution in [0.15, 0.2) is 86.7 Å². The number of benzene rings is 3. The summed E-state index contributed by atoms with van der Waals surface area (Å²) in [6.07, 6.45) is 1.36. The minimum Gasteiger partial charge on any atom is -0.496 e. The van der Waals surface area contributed by atoms with E-state index in [0.29, 0.717) is 50.9 Å². The molecule has 8 heteroatoms. The van der Waals surface area contributed by atoms with E-state index in [1.54, 1.807) is 31.4 Å². The van der Waals surface area contributed by atoms with Crippen molar-refractivity contribution in [1.29, 1.82) is 0 Å². The van der Waals surface area contributed by atoms with Gasteiger partial charge in [-0.15, -0.1) is 0 Å². The van der Waals surface area contributed by atoms with E-state index in [9.17, 15) is 9.18 Å². The van der Waals surface area contributed by atoms with Gasteiger partial charge in [0.05, 0.1) is 23.6 Å². The highest BCUT2D eigenvalue weighted by atomic mass is 19.1. The van der Waals surface area contributed by atoms with Crippen molar-refractivity contribution < 1.29 is 22.8 Å². The fraction of sp³-hybridized carbons (Fsp3) is 0.0800. The summed E-state index contributed by atoms with van der Waals surface area (Å²) in [5.74, 6) is 1.40. The van der Waals surface area contributed by atoms with Crippen molar-refractivity contribution in [3.63, 3.8) is 0 Å². The molecule has 0 aliphatic carbocycles. The molecule has 0 amide bonds. The van der Waals surface area contributed by atoms with E-state index in [-0.39, 0.29) is 17.9 Å². The van der Waals surface area contributed by atoms with E-state index in [1.165, 1.54) is 30.5 Å². The number of nitrogens with zero attached hydrogens (tertiary/aromatic N) is 2. The second kappa shape index (κ2) is 8.58. The van der Waals surface area contributed by atoms with Gasteiger partial charge in [0, 0.05) is 6.07 Å². The van der Waals surface area contributed by atoms with Gasteiger partial charge in [-0.3, -0.25) is 4.79 Å². The summed E-state index contributed by atoms with van der Waals surface area (Å²) in [6.45, 7) is 0.0576. The molecule has 0 spiro atoms. The second-order valence-corrected chi connectivity index (χ2v) is 7.15. The number of hydrogen-bond acceptors (Lipinski definition) is 7. The Morgan fingerprint density at radius 2 is 1.82 bits per heavy atom. The van der Waals surface area contributed by atoms with Crippen LogP contribution in [0.4, 0.5) is 4.39 Å². The van der Waals surface area contributed by atoms with Crippen LogP contribution in [0, 0.1) is 5.82 Å². The van der Waals surface area contributed by atoms with Gasteiger partial charge in [-0.1, -0.05) is 29.4 Å². The predicted molar refractivity (Wildman–Crippen MR) is 118 cm³/mol. The smallest absolute Gasteiger partial charge is 0.261 e. The van der Waals surface area contributed by atoms with Gasteiger partial charge in [0.15, 0.2) is 12.0 Å². The summed E-state index contributed by atoms with van der Waals surface area (Å²) >= 11 is 0. The Morgan fingerprint density at radius 1 is 1.00 bits per heavy atom. The van der Waals surface area contributed by atoms with E-state index < -0.39 is 0 Å². The van der Waals surface area contributed by atoms with E-state index >= 15 is 0 Å². The Balaban J connectivity index is 1.35. The SMILES string of the molecule is COc1ccccc1-c1nc(COc2ccc3c(=O)c(-c4ccc(F)cc4)coc3c2)no1. The molecule has 2 aromatic heterocycles. The molecule has 0 atom stereocenters. The maximum Gasteiger partial charge on any atom is 0.261 e. The zero-order valence-electron chi connectivity index (χ0n) is 17.4. The molecule has 0 unspecified atom stereocenters. The van der Waals surface area contributed by atoms with Crippen molar-refractivity contribution in [3.05, 3.63) is 94.9 Å². The number of methoxy groups -OCH3 is 1. The quantitative estimate of drug-likeness (QED) is 0.354. The number of ether oxygens (including phenoxy) is 2. The highest BCUT2D eigenvalue weighted by molar-refractivity contribution is 5.82. The van der Waals surface area contributed by atoms with Crippen LogP contribution < -0.4 is 14.9 Å². The van der Waals surface area contributed by atoms with Crippen molar-refractivity contribution in [2.24, 2.45) is 0 Å². The summed E-state index contributed by atoms with van der Waals surface area (Å²) in [6, 6.07) is 17.9. The van der Waals surface area contributed by atoms with Gasteiger partial charge < -0.3 is 18.4 Å². The molecule has 5 rings (SSSR count). The Hall–Kier alpha value is -4.46. The third-order valence-electron chi connectivity index (χ3n) is 5.07. The first-order valence-corrected chi connectivity index (χ1v) is 10.0. The van der Waals surface area contributed by atoms with Gasteiger partial charge in [0.2, 0.25) is 5.82 Å². The average molecular weight is 444 g/mol. The van der Waals surface area contributed by atoms with E-state index in [1.807, 2.05) is 18.2 Å². The highest BCUT2D eigenvalue weighted by Crippen LogP contribution is 2.28. The lowest BCUT2D eigenvalue weighted by Gasteiger charge is -2.06. The van der Waals surface area contributed by atoms with Crippen molar-refractivity contribution in [1.82, 2.24) is 10.1 Å². The molecule has 33 heavy (non-hydrogen) atoms. The molecule has 0 saturated heterocycles. The number of fused-ring (bicyclic) bond motifs is 1. The summed E-state index contributed by atoms with van der Waals surface area (Å²) in [5, 5.41) is 4.33. The zero-order valence-corrected chi connectivity index (χ0v) is 17.4. The van der Waals surface area contributed by atoms with Gasteiger partial charge in [-0.05, 0) is 42.0 Å². The number of rotatable bonds is 6. The van der Waals surface area contributed by atoms with Gasteiger partial charge in [-0.2, -0.15) is 4.98 Å². The average Bonchev–Trinajstić information content (AvgIpc) is 3.32. The first-order chi connectivity index (χ1) is 16.1. The van der Waals surface area contributed by atoms with Crippen molar-refractivity contribution in [3.8, 4) is 34.1 Å². The molecule has 0 fully saturated rings. The molecule has 0 bridgehead atoms. The lowest BCUT2D eigenvalue weighted by Crippen LogP contribution is -2.05. The molecular weight excluding hydrogens is 427 g/mol. The summed E-state index contributed by atoms with van der Waals surface area (Å²) in [4.78, 5) is 17.2. The minimum absolute atomic E-state index is 0.0576. The molecule has 5 aromatic rings. The van der Waals surface area contributed by atoms with Crippen LogP contribution in [-0.2, 0) is 6.61 Å². The molecule has 0 aliphatic rings. The molecule has 0 radical (unpaired) electrons. The van der Waals surface area contributed by atoms with E-state index in [2.05, 4.69) is 10.1 Å². The summed E-state index contributed by atoms with van der Waals surface area (Å²) in [7, 11) is 1.57. The minimum atomic E-state index is -0.373. The Morgan fingerprint density at radius 3 is 2.64 bits per heavy atom. The van der Waals surface area contributed by atoms with Crippen LogP contribution in [0.25, 0.3) is 33.6 Å². The maximum atomic E-state index is 13.2. The van der Waals surface area contributed by atoms with Gasteiger partial charge in [0.25, 0.3) is 5.89 Å².